The van der Waals surface area contributed by atoms with Gasteiger partial charge in [-0.25, -0.2) is 13.1 Å². The van der Waals surface area contributed by atoms with Gasteiger partial charge < -0.3 is 20.5 Å². The Morgan fingerprint density at radius 3 is 2.54 bits per heavy atom. The summed E-state index contributed by atoms with van der Waals surface area (Å²) in [5, 5.41) is 2.74. The van der Waals surface area contributed by atoms with E-state index in [0.29, 0.717) is 31.3 Å². The highest BCUT2D eigenvalue weighted by atomic mass is 35.5. The van der Waals surface area contributed by atoms with Crippen LogP contribution in [0, 0.1) is 0 Å². The van der Waals surface area contributed by atoms with E-state index in [4.69, 9.17) is 15.2 Å². The number of benzene rings is 1. The van der Waals surface area contributed by atoms with E-state index < -0.39 is 15.6 Å². The lowest BCUT2D eigenvalue weighted by atomic mass is 10.1. The molecule has 0 saturated carbocycles. The third-order valence-electron chi connectivity index (χ3n) is 3.66. The number of carbonyl (C=O) groups is 1. The Morgan fingerprint density at radius 2 is 1.88 bits per heavy atom. The summed E-state index contributed by atoms with van der Waals surface area (Å²) in [7, 11) is -3.74. The van der Waals surface area contributed by atoms with Gasteiger partial charge in [-0.05, 0) is 26.0 Å². The van der Waals surface area contributed by atoms with Crippen molar-refractivity contribution in [1.29, 1.82) is 0 Å². The summed E-state index contributed by atoms with van der Waals surface area (Å²) in [6.07, 6.45) is 0.760. The molecule has 0 unspecified atom stereocenters. The molecule has 0 saturated heterocycles. The van der Waals surface area contributed by atoms with Crippen LogP contribution in [0.25, 0.3) is 0 Å². The Morgan fingerprint density at radius 1 is 1.23 bits per heavy atom. The van der Waals surface area contributed by atoms with Crippen LogP contribution in [0.5, 0.6) is 11.5 Å². The first-order valence-corrected chi connectivity index (χ1v) is 9.62. The number of hydrogen-bond donors (Lipinski definition) is 3. The molecular weight excluding hydrogens is 382 g/mol. The number of fused-ring (bicyclic) bond motifs is 1. The number of hydrogen-bond acceptors (Lipinski definition) is 6. The van der Waals surface area contributed by atoms with Crippen LogP contribution in [0.4, 0.5) is 0 Å². The van der Waals surface area contributed by atoms with Gasteiger partial charge in [-0.3, -0.25) is 4.79 Å². The molecule has 0 radical (unpaired) electrons. The fourth-order valence-electron chi connectivity index (χ4n) is 2.18. The highest BCUT2D eigenvalue weighted by Gasteiger charge is 2.21. The second kappa shape index (κ2) is 9.40. The van der Waals surface area contributed by atoms with Gasteiger partial charge in [0, 0.05) is 37.5 Å². The summed E-state index contributed by atoms with van der Waals surface area (Å²) in [6, 6.07) is 4.46. The van der Waals surface area contributed by atoms with E-state index in [1.165, 1.54) is 12.1 Å². The molecule has 1 aromatic carbocycles. The maximum absolute atomic E-state index is 12.4. The SMILES string of the molecule is CC(C)(CN)NC(=O)CCNS(=O)(=O)c1ccc2c(c1)OCCCO2.Cl. The van der Waals surface area contributed by atoms with Gasteiger partial charge in [-0.15, -0.1) is 12.4 Å². The third-order valence-corrected chi connectivity index (χ3v) is 5.12. The minimum absolute atomic E-state index is 0. The van der Waals surface area contributed by atoms with Crippen LogP contribution in [0.2, 0.25) is 0 Å². The van der Waals surface area contributed by atoms with Gasteiger partial charge in [0.15, 0.2) is 11.5 Å². The molecule has 8 nitrogen and oxygen atoms in total. The maximum Gasteiger partial charge on any atom is 0.240 e. The van der Waals surface area contributed by atoms with Crippen molar-refractivity contribution in [1.82, 2.24) is 10.0 Å². The number of nitrogens with two attached hydrogens (primary N) is 1. The average molecular weight is 408 g/mol. The van der Waals surface area contributed by atoms with E-state index in [1.807, 2.05) is 0 Å². The van der Waals surface area contributed by atoms with Gasteiger partial charge in [0.2, 0.25) is 15.9 Å². The Labute approximate surface area is 160 Å². The van der Waals surface area contributed by atoms with Crippen molar-refractivity contribution < 1.29 is 22.7 Å². The smallest absolute Gasteiger partial charge is 0.240 e. The molecule has 0 aromatic heterocycles. The molecule has 4 N–H and O–H groups in total. The van der Waals surface area contributed by atoms with Gasteiger partial charge in [0.25, 0.3) is 0 Å². The summed E-state index contributed by atoms with van der Waals surface area (Å²) >= 11 is 0. The molecule has 148 valence electrons. The molecule has 1 amide bonds. The van der Waals surface area contributed by atoms with Crippen molar-refractivity contribution in [2.45, 2.75) is 37.1 Å². The quantitative estimate of drug-likeness (QED) is 0.614. The van der Waals surface area contributed by atoms with Crippen molar-refractivity contribution in [2.24, 2.45) is 5.73 Å². The Bertz CT molecular complexity index is 725. The van der Waals surface area contributed by atoms with Gasteiger partial charge in [0.05, 0.1) is 18.1 Å². The maximum atomic E-state index is 12.4. The predicted molar refractivity (Wildman–Crippen MR) is 100 cm³/mol. The summed E-state index contributed by atoms with van der Waals surface area (Å²) in [5.74, 6) is 0.666. The third kappa shape index (κ3) is 6.31. The van der Waals surface area contributed by atoms with E-state index in [9.17, 15) is 13.2 Å². The predicted octanol–water partition coefficient (Wildman–Crippen LogP) is 0.792. The zero-order valence-electron chi connectivity index (χ0n) is 14.9. The van der Waals surface area contributed by atoms with Crippen molar-refractivity contribution >= 4 is 28.3 Å². The lowest BCUT2D eigenvalue weighted by molar-refractivity contribution is -0.122. The van der Waals surface area contributed by atoms with E-state index in [0.717, 1.165) is 6.42 Å². The van der Waals surface area contributed by atoms with Gasteiger partial charge in [0.1, 0.15) is 0 Å². The second-order valence-corrected chi connectivity index (χ2v) is 8.21. The number of rotatable bonds is 7. The zero-order valence-corrected chi connectivity index (χ0v) is 16.5. The first-order chi connectivity index (χ1) is 11.7. The lowest BCUT2D eigenvalue weighted by Gasteiger charge is -2.24. The van der Waals surface area contributed by atoms with Gasteiger partial charge in [-0.1, -0.05) is 0 Å². The molecule has 0 bridgehead atoms. The second-order valence-electron chi connectivity index (χ2n) is 6.44. The van der Waals surface area contributed by atoms with E-state index in [1.54, 1.807) is 19.9 Å². The minimum atomic E-state index is -3.74. The average Bonchev–Trinajstić information content (AvgIpc) is 2.78. The number of ether oxygens (including phenoxy) is 2. The van der Waals surface area contributed by atoms with Crippen LogP contribution in [0.3, 0.4) is 0 Å². The van der Waals surface area contributed by atoms with Crippen LogP contribution in [-0.2, 0) is 14.8 Å². The minimum Gasteiger partial charge on any atom is -0.490 e. The van der Waals surface area contributed by atoms with Gasteiger partial charge >= 0.3 is 0 Å². The first kappa shape index (κ1) is 22.5. The number of nitrogens with one attached hydrogen (secondary N) is 2. The monoisotopic (exact) mass is 407 g/mol. The molecule has 0 fully saturated rings. The molecule has 1 aliphatic rings. The molecule has 0 spiro atoms. The van der Waals surface area contributed by atoms with Crippen LogP contribution in [0.15, 0.2) is 23.1 Å². The summed E-state index contributed by atoms with van der Waals surface area (Å²) in [5.41, 5.74) is 5.02. The van der Waals surface area contributed by atoms with Crippen LogP contribution in [0.1, 0.15) is 26.7 Å². The molecule has 0 atom stereocenters. The highest BCUT2D eigenvalue weighted by Crippen LogP contribution is 2.31. The van der Waals surface area contributed by atoms with Crippen molar-refractivity contribution in [3.63, 3.8) is 0 Å². The summed E-state index contributed by atoms with van der Waals surface area (Å²) < 4.78 is 38.1. The lowest BCUT2D eigenvalue weighted by Crippen LogP contribution is -2.49. The van der Waals surface area contributed by atoms with Crippen molar-refractivity contribution in [2.75, 3.05) is 26.3 Å². The van der Waals surface area contributed by atoms with Crippen molar-refractivity contribution in [3.8, 4) is 11.5 Å². The molecule has 1 heterocycles. The first-order valence-electron chi connectivity index (χ1n) is 8.14. The normalized spacial score (nSPS) is 14.1. The number of halogens is 1. The largest absolute Gasteiger partial charge is 0.490 e. The molecule has 2 rings (SSSR count). The standard InChI is InChI=1S/C16H25N3O5S.ClH/c1-16(2,11-17)19-15(20)6-7-18-25(21,22)12-4-5-13-14(10-12)24-9-3-8-23-13;/h4-5,10,18H,3,6-9,11,17H2,1-2H3,(H,19,20);1H. The fraction of sp³-hybridized carbons (Fsp3) is 0.562. The number of amides is 1. The van der Waals surface area contributed by atoms with E-state index in [-0.39, 0.29) is 36.2 Å². The Balaban J connectivity index is 0.00000338. The summed E-state index contributed by atoms with van der Waals surface area (Å²) in [6.45, 7) is 4.89. The zero-order chi connectivity index (χ0) is 18.5. The highest BCUT2D eigenvalue weighted by molar-refractivity contribution is 7.89. The molecule has 10 heteroatoms. The van der Waals surface area contributed by atoms with E-state index >= 15 is 0 Å². The Hall–Kier alpha value is -1.55. The topological polar surface area (TPSA) is 120 Å². The van der Waals surface area contributed by atoms with Gasteiger partial charge in [-0.2, -0.15) is 0 Å². The van der Waals surface area contributed by atoms with Crippen LogP contribution >= 0.6 is 12.4 Å². The number of sulfonamides is 1. The summed E-state index contributed by atoms with van der Waals surface area (Å²) in [4.78, 5) is 11.9. The fourth-order valence-corrected chi connectivity index (χ4v) is 3.23. The van der Waals surface area contributed by atoms with Crippen LogP contribution < -0.4 is 25.2 Å². The molecular formula is C16H26ClN3O5S. The van der Waals surface area contributed by atoms with Crippen LogP contribution in [-0.4, -0.2) is 46.2 Å². The molecule has 1 aliphatic heterocycles. The molecule has 0 aliphatic carbocycles. The van der Waals surface area contributed by atoms with E-state index in [2.05, 4.69) is 10.0 Å². The molecule has 1 aromatic rings. The molecule has 26 heavy (non-hydrogen) atoms. The number of carbonyl (C=O) groups excluding carboxylic acids is 1. The van der Waals surface area contributed by atoms with Crippen molar-refractivity contribution in [3.05, 3.63) is 18.2 Å². The Kier molecular flexibility index (Phi) is 8.14.